The first kappa shape index (κ1) is 13.0. The highest BCUT2D eigenvalue weighted by Gasteiger charge is 2.08. The number of hydrazine groups is 1. The highest BCUT2D eigenvalue weighted by Crippen LogP contribution is 2.09. The van der Waals surface area contributed by atoms with Crippen LogP contribution in [0.3, 0.4) is 0 Å². The number of hydrogen-bond donors (Lipinski definition) is 3. The van der Waals surface area contributed by atoms with Gasteiger partial charge in [-0.25, -0.2) is 10.8 Å². The minimum atomic E-state index is 0.265. The average molecular weight is 286 g/mol. The summed E-state index contributed by atoms with van der Waals surface area (Å²) in [4.78, 5) is 16.6. The zero-order chi connectivity index (χ0) is 14.7. The maximum absolute atomic E-state index is 5.39. The van der Waals surface area contributed by atoms with Gasteiger partial charge in [0.25, 0.3) is 0 Å². The summed E-state index contributed by atoms with van der Waals surface area (Å²) in [6.45, 7) is 0.536. The summed E-state index contributed by atoms with van der Waals surface area (Å²) in [5, 5.41) is 7.21. The minimum absolute atomic E-state index is 0.265. The molecule has 0 aromatic carbocycles. The zero-order valence-corrected chi connectivity index (χ0v) is 11.3. The van der Waals surface area contributed by atoms with E-state index in [1.54, 1.807) is 34.2 Å². The van der Waals surface area contributed by atoms with Crippen molar-refractivity contribution in [1.29, 1.82) is 0 Å². The molecule has 0 aliphatic carbocycles. The van der Waals surface area contributed by atoms with Crippen LogP contribution in [0.1, 0.15) is 5.69 Å². The van der Waals surface area contributed by atoms with Crippen LogP contribution in [0, 0.1) is 0 Å². The van der Waals surface area contributed by atoms with Crippen molar-refractivity contribution < 1.29 is 0 Å². The highest BCUT2D eigenvalue weighted by atomic mass is 15.4. The van der Waals surface area contributed by atoms with Gasteiger partial charge in [-0.3, -0.25) is 14.7 Å². The number of anilines is 2. The maximum Gasteiger partial charge on any atom is 0.243 e. The topological polar surface area (TPSA) is 124 Å². The van der Waals surface area contributed by atoms with Crippen LogP contribution in [0.4, 0.5) is 11.9 Å². The fourth-order valence-corrected chi connectivity index (χ4v) is 1.75. The molecule has 0 saturated carbocycles. The number of nitrogens with one attached hydrogen (secondary N) is 2. The van der Waals surface area contributed by atoms with Gasteiger partial charge >= 0.3 is 0 Å². The van der Waals surface area contributed by atoms with E-state index in [9.17, 15) is 0 Å². The Balaban J connectivity index is 1.84. The van der Waals surface area contributed by atoms with Crippen LogP contribution in [0.5, 0.6) is 0 Å². The molecular weight excluding hydrogens is 272 g/mol. The lowest BCUT2D eigenvalue weighted by molar-refractivity contribution is 0.718. The van der Waals surface area contributed by atoms with E-state index in [-0.39, 0.29) is 5.95 Å². The van der Waals surface area contributed by atoms with Gasteiger partial charge in [0.15, 0.2) is 0 Å². The number of aromatic nitrogens is 7. The predicted octanol–water partition coefficient (Wildman–Crippen LogP) is -0.311. The van der Waals surface area contributed by atoms with Gasteiger partial charge in [-0.1, -0.05) is 0 Å². The summed E-state index contributed by atoms with van der Waals surface area (Å²) in [6, 6.07) is 1.91. The maximum atomic E-state index is 5.39. The average Bonchev–Trinajstić information content (AvgIpc) is 3.16. The second-order valence-electron chi connectivity index (χ2n) is 4.20. The Kier molecular flexibility index (Phi) is 3.43. The van der Waals surface area contributed by atoms with Crippen molar-refractivity contribution in [3.8, 4) is 5.95 Å². The van der Waals surface area contributed by atoms with Crippen LogP contribution < -0.4 is 16.6 Å². The number of nitrogens with zero attached hydrogens (tertiary/aromatic N) is 7. The molecule has 0 saturated heterocycles. The number of nitrogen functional groups attached to an aromatic ring is 1. The predicted molar refractivity (Wildman–Crippen MR) is 75.3 cm³/mol. The Labute approximate surface area is 120 Å². The molecule has 0 fully saturated rings. The third-order valence-electron chi connectivity index (χ3n) is 2.84. The Morgan fingerprint density at radius 2 is 2.05 bits per heavy atom. The second kappa shape index (κ2) is 5.54. The lowest BCUT2D eigenvalue weighted by Crippen LogP contribution is -2.16. The molecule has 3 aromatic rings. The lowest BCUT2D eigenvalue weighted by atomic mass is 10.4. The van der Waals surface area contributed by atoms with Crippen LogP contribution in [0.25, 0.3) is 5.95 Å². The van der Waals surface area contributed by atoms with Crippen LogP contribution in [-0.4, -0.2) is 34.3 Å². The van der Waals surface area contributed by atoms with Crippen molar-refractivity contribution in [3.05, 3.63) is 36.7 Å². The summed E-state index contributed by atoms with van der Waals surface area (Å²) in [5.41, 5.74) is 3.42. The molecule has 0 spiro atoms. The number of rotatable bonds is 5. The Hall–Kier alpha value is -3.01. The molecule has 108 valence electrons. The fourth-order valence-electron chi connectivity index (χ4n) is 1.75. The van der Waals surface area contributed by atoms with E-state index < -0.39 is 0 Å². The van der Waals surface area contributed by atoms with Gasteiger partial charge in [0.05, 0.1) is 12.2 Å². The summed E-state index contributed by atoms with van der Waals surface area (Å²) in [7, 11) is 1.87. The molecule has 3 aromatic heterocycles. The van der Waals surface area contributed by atoms with Crippen molar-refractivity contribution in [2.45, 2.75) is 6.54 Å². The highest BCUT2D eigenvalue weighted by molar-refractivity contribution is 5.37. The quantitative estimate of drug-likeness (QED) is 0.431. The molecule has 0 aliphatic rings. The normalized spacial score (nSPS) is 10.6. The van der Waals surface area contributed by atoms with Crippen molar-refractivity contribution >= 4 is 11.9 Å². The Morgan fingerprint density at radius 1 is 1.19 bits per heavy atom. The van der Waals surface area contributed by atoms with E-state index in [0.717, 1.165) is 5.69 Å². The van der Waals surface area contributed by atoms with Gasteiger partial charge in [0.2, 0.25) is 17.8 Å². The zero-order valence-electron chi connectivity index (χ0n) is 11.3. The van der Waals surface area contributed by atoms with E-state index in [0.29, 0.717) is 18.4 Å². The van der Waals surface area contributed by atoms with Gasteiger partial charge in [-0.15, -0.1) is 0 Å². The summed E-state index contributed by atoms with van der Waals surface area (Å²) in [5.74, 6) is 6.48. The summed E-state index contributed by atoms with van der Waals surface area (Å²) in [6.07, 6.45) is 6.71. The molecule has 3 rings (SSSR count). The third-order valence-corrected chi connectivity index (χ3v) is 2.84. The van der Waals surface area contributed by atoms with Gasteiger partial charge in [-0.05, 0) is 6.07 Å². The number of aryl methyl sites for hydroxylation is 1. The number of nitrogens with two attached hydrogens (primary N) is 1. The molecule has 0 aliphatic heterocycles. The van der Waals surface area contributed by atoms with E-state index in [1.165, 1.54) is 0 Å². The molecule has 21 heavy (non-hydrogen) atoms. The molecule has 4 N–H and O–H groups in total. The molecular formula is C11H14N10. The van der Waals surface area contributed by atoms with E-state index in [2.05, 4.69) is 35.8 Å². The minimum Gasteiger partial charge on any atom is -0.348 e. The number of hydrogen-bond acceptors (Lipinski definition) is 8. The first-order chi connectivity index (χ1) is 10.3. The monoisotopic (exact) mass is 286 g/mol. The van der Waals surface area contributed by atoms with Crippen LogP contribution in [0.2, 0.25) is 0 Å². The molecule has 0 radical (unpaired) electrons. The largest absolute Gasteiger partial charge is 0.348 e. The fraction of sp³-hybridized carbons (Fsp3) is 0.182. The van der Waals surface area contributed by atoms with Crippen molar-refractivity contribution in [1.82, 2.24) is 34.3 Å². The second-order valence-corrected chi connectivity index (χ2v) is 4.20. The van der Waals surface area contributed by atoms with Crippen molar-refractivity contribution in [3.63, 3.8) is 0 Å². The van der Waals surface area contributed by atoms with Gasteiger partial charge in [-0.2, -0.15) is 20.1 Å². The van der Waals surface area contributed by atoms with Gasteiger partial charge in [0, 0.05) is 25.6 Å². The summed E-state index contributed by atoms with van der Waals surface area (Å²) >= 11 is 0. The molecule has 0 atom stereocenters. The molecule has 10 nitrogen and oxygen atoms in total. The first-order valence-corrected chi connectivity index (χ1v) is 6.18. The van der Waals surface area contributed by atoms with E-state index >= 15 is 0 Å². The molecule has 0 bridgehead atoms. The number of imidazole rings is 1. The van der Waals surface area contributed by atoms with E-state index in [1.807, 2.05) is 13.1 Å². The molecule has 10 heteroatoms. The smallest absolute Gasteiger partial charge is 0.243 e. The van der Waals surface area contributed by atoms with Gasteiger partial charge in [0.1, 0.15) is 6.33 Å². The molecule has 0 unspecified atom stereocenters. The Morgan fingerprint density at radius 3 is 2.71 bits per heavy atom. The molecule has 3 heterocycles. The third kappa shape index (κ3) is 2.79. The van der Waals surface area contributed by atoms with Crippen LogP contribution in [-0.2, 0) is 13.6 Å². The van der Waals surface area contributed by atoms with Crippen molar-refractivity contribution in [2.75, 3.05) is 10.7 Å². The summed E-state index contributed by atoms with van der Waals surface area (Å²) < 4.78 is 3.44. The lowest BCUT2D eigenvalue weighted by Gasteiger charge is -2.08. The Bertz CT molecular complexity index is 716. The van der Waals surface area contributed by atoms with Gasteiger partial charge < -0.3 is 5.32 Å². The van der Waals surface area contributed by atoms with Crippen LogP contribution >= 0.6 is 0 Å². The van der Waals surface area contributed by atoms with Crippen molar-refractivity contribution in [2.24, 2.45) is 12.9 Å². The SMILES string of the molecule is Cn1nccc1CNc1nc(NN)nc(-n2ccnc2)n1. The van der Waals surface area contributed by atoms with Crippen LogP contribution in [0.15, 0.2) is 31.0 Å². The standard InChI is InChI=1S/C11H14N10/c1-20-8(2-3-15-20)6-14-9-16-10(19-12)18-11(17-9)21-5-4-13-7-21/h2-5,7H,6,12H2,1H3,(H2,14,16,17,18,19). The molecule has 0 amide bonds. The van der Waals surface area contributed by atoms with E-state index in [4.69, 9.17) is 5.84 Å². The first-order valence-electron chi connectivity index (χ1n) is 6.18.